The van der Waals surface area contributed by atoms with E-state index in [0.717, 1.165) is 9.80 Å². The van der Waals surface area contributed by atoms with Crippen molar-refractivity contribution >= 4 is 29.6 Å². The number of fused-ring (bicyclic) bond motifs is 2. The van der Waals surface area contributed by atoms with Gasteiger partial charge in [0.25, 0.3) is 11.8 Å². The molecule has 2 atom stereocenters. The van der Waals surface area contributed by atoms with Crippen molar-refractivity contribution in [3.05, 3.63) is 47.5 Å². The fraction of sp³-hybridized carbons (Fsp3) is 0.381. The summed E-state index contributed by atoms with van der Waals surface area (Å²) in [5.74, 6) is -2.52. The number of ether oxygens (including phenoxy) is 1. The summed E-state index contributed by atoms with van der Waals surface area (Å²) in [6, 6.07) is 6.53. The predicted octanol–water partition coefficient (Wildman–Crippen LogP) is 1.17. The predicted molar refractivity (Wildman–Crippen MR) is 99.5 cm³/mol. The highest BCUT2D eigenvalue weighted by molar-refractivity contribution is 6.21. The maximum atomic E-state index is 12.4. The standard InChI is InChI=1S/C21H20N2O6/c24-17(9-10-22-18(25)13-5-1-2-6-14(13)19(22)26)29-12-11-23-20(27)15-7-3-4-8-16(15)21(23)28/h1-4,7-8,13-14H,5-6,9-12H2. The van der Waals surface area contributed by atoms with Crippen LogP contribution in [0.3, 0.4) is 0 Å². The van der Waals surface area contributed by atoms with E-state index in [1.165, 1.54) is 0 Å². The van der Waals surface area contributed by atoms with Crippen LogP contribution in [-0.2, 0) is 19.1 Å². The zero-order chi connectivity index (χ0) is 20.5. The second-order valence-electron chi connectivity index (χ2n) is 7.26. The molecule has 8 heteroatoms. The van der Waals surface area contributed by atoms with Crippen molar-refractivity contribution < 1.29 is 28.7 Å². The van der Waals surface area contributed by atoms with Gasteiger partial charge in [-0.15, -0.1) is 0 Å². The normalized spacial score (nSPS) is 22.9. The minimum atomic E-state index is -0.588. The van der Waals surface area contributed by atoms with Gasteiger partial charge in [0.2, 0.25) is 11.8 Å². The Kier molecular flexibility index (Phi) is 5.00. The summed E-state index contributed by atoms with van der Waals surface area (Å²) < 4.78 is 5.10. The number of benzene rings is 1. The van der Waals surface area contributed by atoms with Crippen LogP contribution in [0.5, 0.6) is 0 Å². The van der Waals surface area contributed by atoms with Gasteiger partial charge in [0.05, 0.1) is 35.9 Å². The molecule has 2 aliphatic heterocycles. The smallest absolute Gasteiger partial charge is 0.307 e. The van der Waals surface area contributed by atoms with Crippen LogP contribution in [0.15, 0.2) is 36.4 Å². The second-order valence-corrected chi connectivity index (χ2v) is 7.26. The van der Waals surface area contributed by atoms with Crippen molar-refractivity contribution in [2.75, 3.05) is 19.7 Å². The van der Waals surface area contributed by atoms with Gasteiger partial charge in [-0.3, -0.25) is 33.8 Å². The molecule has 0 saturated carbocycles. The van der Waals surface area contributed by atoms with Crippen molar-refractivity contribution in [2.45, 2.75) is 19.3 Å². The van der Waals surface area contributed by atoms with E-state index in [0.29, 0.717) is 24.0 Å². The Labute approximate surface area is 167 Å². The van der Waals surface area contributed by atoms with Crippen molar-refractivity contribution in [1.29, 1.82) is 0 Å². The molecule has 29 heavy (non-hydrogen) atoms. The second kappa shape index (κ2) is 7.62. The Morgan fingerprint density at radius 3 is 1.97 bits per heavy atom. The van der Waals surface area contributed by atoms with Gasteiger partial charge < -0.3 is 4.74 Å². The van der Waals surface area contributed by atoms with Crippen molar-refractivity contribution in [3.8, 4) is 0 Å². The summed E-state index contributed by atoms with van der Waals surface area (Å²) in [5.41, 5.74) is 0.677. The summed E-state index contributed by atoms with van der Waals surface area (Å²) in [5, 5.41) is 0. The molecule has 8 nitrogen and oxygen atoms in total. The van der Waals surface area contributed by atoms with Crippen LogP contribution in [0.4, 0.5) is 0 Å². The molecule has 1 aromatic rings. The average molecular weight is 396 g/mol. The molecule has 1 aliphatic carbocycles. The number of rotatable bonds is 6. The SMILES string of the molecule is O=C(CCN1C(=O)C2CC=CCC2C1=O)OCCN1C(=O)c2ccccc2C1=O. The molecule has 0 spiro atoms. The van der Waals surface area contributed by atoms with Crippen LogP contribution >= 0.6 is 0 Å². The molecule has 1 saturated heterocycles. The number of hydrogen-bond donors (Lipinski definition) is 0. The first-order valence-corrected chi connectivity index (χ1v) is 9.60. The van der Waals surface area contributed by atoms with Crippen LogP contribution in [0.2, 0.25) is 0 Å². The van der Waals surface area contributed by atoms with Gasteiger partial charge in [-0.05, 0) is 25.0 Å². The molecule has 0 aromatic heterocycles. The number of carbonyl (C=O) groups is 5. The number of carbonyl (C=O) groups excluding carboxylic acids is 5. The highest BCUT2D eigenvalue weighted by atomic mass is 16.5. The van der Waals surface area contributed by atoms with E-state index < -0.39 is 17.8 Å². The lowest BCUT2D eigenvalue weighted by molar-refractivity contribution is -0.146. The summed E-state index contributed by atoms with van der Waals surface area (Å²) in [6.07, 6.45) is 4.80. The van der Waals surface area contributed by atoms with Gasteiger partial charge in [-0.1, -0.05) is 24.3 Å². The molecule has 1 aromatic carbocycles. The highest BCUT2D eigenvalue weighted by Gasteiger charge is 2.47. The average Bonchev–Trinajstić information content (AvgIpc) is 3.12. The topological polar surface area (TPSA) is 101 Å². The van der Waals surface area contributed by atoms with E-state index in [2.05, 4.69) is 0 Å². The molecule has 3 aliphatic rings. The van der Waals surface area contributed by atoms with Crippen LogP contribution in [-0.4, -0.2) is 59.1 Å². The van der Waals surface area contributed by atoms with E-state index in [9.17, 15) is 24.0 Å². The van der Waals surface area contributed by atoms with E-state index in [-0.39, 0.29) is 49.8 Å². The Bertz CT molecular complexity index is 876. The molecule has 2 unspecified atom stereocenters. The van der Waals surface area contributed by atoms with Gasteiger partial charge >= 0.3 is 5.97 Å². The maximum Gasteiger partial charge on any atom is 0.307 e. The van der Waals surface area contributed by atoms with Crippen LogP contribution in [0.1, 0.15) is 40.0 Å². The fourth-order valence-corrected chi connectivity index (χ4v) is 4.06. The highest BCUT2D eigenvalue weighted by Crippen LogP contribution is 2.35. The monoisotopic (exact) mass is 396 g/mol. The first-order valence-electron chi connectivity index (χ1n) is 9.60. The molecule has 2 heterocycles. The molecule has 0 N–H and O–H groups in total. The quantitative estimate of drug-likeness (QED) is 0.406. The van der Waals surface area contributed by atoms with Gasteiger partial charge in [0.1, 0.15) is 6.61 Å². The lowest BCUT2D eigenvalue weighted by Crippen LogP contribution is -2.35. The molecule has 0 bridgehead atoms. The molecule has 1 fully saturated rings. The number of imide groups is 2. The Hall–Kier alpha value is -3.29. The molecule has 4 amide bonds. The molecular formula is C21H20N2O6. The van der Waals surface area contributed by atoms with Gasteiger partial charge in [0, 0.05) is 6.54 Å². The number of likely N-dealkylation sites (tertiary alicyclic amines) is 1. The molecule has 150 valence electrons. The van der Waals surface area contributed by atoms with Crippen molar-refractivity contribution in [2.24, 2.45) is 11.8 Å². The summed E-state index contributed by atoms with van der Waals surface area (Å²) in [4.78, 5) is 63.5. The third-order valence-corrected chi connectivity index (χ3v) is 5.59. The first-order chi connectivity index (χ1) is 14.0. The number of esters is 1. The van der Waals surface area contributed by atoms with E-state index >= 15 is 0 Å². The number of hydrogen-bond acceptors (Lipinski definition) is 6. The van der Waals surface area contributed by atoms with Crippen molar-refractivity contribution in [3.63, 3.8) is 0 Å². The summed E-state index contributed by atoms with van der Waals surface area (Å²) in [7, 11) is 0. The number of amides is 4. The van der Waals surface area contributed by atoms with Gasteiger partial charge in [-0.2, -0.15) is 0 Å². The Morgan fingerprint density at radius 1 is 0.862 bits per heavy atom. The van der Waals surface area contributed by atoms with Crippen molar-refractivity contribution in [1.82, 2.24) is 9.80 Å². The summed E-state index contributed by atoms with van der Waals surface area (Å²) >= 11 is 0. The van der Waals surface area contributed by atoms with Crippen LogP contribution < -0.4 is 0 Å². The van der Waals surface area contributed by atoms with Crippen LogP contribution in [0, 0.1) is 11.8 Å². The first kappa shape index (κ1) is 19.0. The third kappa shape index (κ3) is 3.35. The fourth-order valence-electron chi connectivity index (χ4n) is 4.06. The molecule has 0 radical (unpaired) electrons. The zero-order valence-corrected chi connectivity index (χ0v) is 15.7. The third-order valence-electron chi connectivity index (χ3n) is 5.59. The maximum absolute atomic E-state index is 12.4. The number of nitrogens with zero attached hydrogens (tertiary/aromatic N) is 2. The lowest BCUT2D eigenvalue weighted by atomic mass is 9.85. The minimum Gasteiger partial charge on any atom is -0.464 e. The van der Waals surface area contributed by atoms with E-state index in [1.807, 2.05) is 12.2 Å². The largest absolute Gasteiger partial charge is 0.464 e. The minimum absolute atomic E-state index is 0.0173. The molecular weight excluding hydrogens is 376 g/mol. The Morgan fingerprint density at radius 2 is 1.41 bits per heavy atom. The Balaban J connectivity index is 1.24. The van der Waals surface area contributed by atoms with Gasteiger partial charge in [0.15, 0.2) is 0 Å². The van der Waals surface area contributed by atoms with E-state index in [4.69, 9.17) is 4.74 Å². The van der Waals surface area contributed by atoms with E-state index in [1.54, 1.807) is 24.3 Å². The number of allylic oxidation sites excluding steroid dienone is 2. The van der Waals surface area contributed by atoms with Crippen LogP contribution in [0.25, 0.3) is 0 Å². The zero-order valence-electron chi connectivity index (χ0n) is 15.7. The summed E-state index contributed by atoms with van der Waals surface area (Å²) in [6.45, 7) is -0.201. The lowest BCUT2D eigenvalue weighted by Gasteiger charge is -2.15. The van der Waals surface area contributed by atoms with Gasteiger partial charge in [-0.25, -0.2) is 0 Å². The molecule has 4 rings (SSSR count).